The third-order valence-electron chi connectivity index (χ3n) is 3.36. The van der Waals surface area contributed by atoms with Gasteiger partial charge in [0.15, 0.2) is 0 Å². The van der Waals surface area contributed by atoms with Gasteiger partial charge < -0.3 is 0 Å². The van der Waals surface area contributed by atoms with Gasteiger partial charge in [-0.15, -0.1) is 0 Å². The molecule has 0 N–H and O–H groups in total. The summed E-state index contributed by atoms with van der Waals surface area (Å²) < 4.78 is 4.76. The van der Waals surface area contributed by atoms with Crippen LogP contribution in [0.3, 0.4) is 0 Å². The summed E-state index contributed by atoms with van der Waals surface area (Å²) in [6, 6.07) is 21.2. The van der Waals surface area contributed by atoms with Crippen molar-refractivity contribution in [2.45, 2.75) is 52.6 Å². The number of rotatable bonds is 4. The molecule has 0 unspecified atom stereocenters. The number of hydrogen-bond donors (Lipinski definition) is 0. The molecule has 0 saturated heterocycles. The molecule has 23 heavy (non-hydrogen) atoms. The largest absolute Gasteiger partial charge is 0.293 e. The Morgan fingerprint density at radius 2 is 0.870 bits per heavy atom. The molecule has 0 heterocycles. The van der Waals surface area contributed by atoms with Crippen LogP contribution in [-0.2, 0) is 0 Å². The molecule has 0 radical (unpaired) electrons. The monoisotopic (exact) mass is 328 g/mol. The van der Waals surface area contributed by atoms with Gasteiger partial charge in [0, 0.05) is 22.5 Å². The van der Waals surface area contributed by atoms with Crippen molar-refractivity contribution in [3.05, 3.63) is 60.7 Å². The summed E-state index contributed by atoms with van der Waals surface area (Å²) in [5.74, 6) is 0. The van der Waals surface area contributed by atoms with Crippen LogP contribution in [0.25, 0.3) is 0 Å². The summed E-state index contributed by atoms with van der Waals surface area (Å²) in [6.07, 6.45) is 0. The van der Waals surface area contributed by atoms with Crippen LogP contribution in [0.4, 0.5) is 11.4 Å². The molecule has 0 atom stereocenters. The minimum atomic E-state index is 0.00427. The van der Waals surface area contributed by atoms with E-state index in [4.69, 9.17) is 0 Å². The fraction of sp³-hybridized carbons (Fsp3) is 0.400. The average molecular weight is 329 g/mol. The van der Waals surface area contributed by atoms with Crippen LogP contribution >= 0.6 is 12.1 Å². The molecule has 0 aliphatic heterocycles. The maximum Gasteiger partial charge on any atom is 0.0724 e. The van der Waals surface area contributed by atoms with Crippen LogP contribution in [-0.4, -0.2) is 11.1 Å². The molecule has 0 amide bonds. The zero-order valence-electron chi connectivity index (χ0n) is 15.1. The Kier molecular flexibility index (Phi) is 5.30. The van der Waals surface area contributed by atoms with Gasteiger partial charge >= 0.3 is 0 Å². The number of benzene rings is 2. The zero-order chi connectivity index (χ0) is 17.1. The Hall–Kier alpha value is -1.61. The van der Waals surface area contributed by atoms with E-state index in [0.717, 1.165) is 0 Å². The molecule has 2 rings (SSSR count). The summed E-state index contributed by atoms with van der Waals surface area (Å²) in [5.41, 5.74) is 2.44. The maximum absolute atomic E-state index is 2.38. The average Bonchev–Trinajstić information content (AvgIpc) is 2.47. The van der Waals surface area contributed by atoms with Crippen LogP contribution < -0.4 is 8.61 Å². The second-order valence-electron chi connectivity index (χ2n) is 7.68. The molecular formula is C20H28N2S. The van der Waals surface area contributed by atoms with E-state index in [0.29, 0.717) is 0 Å². The highest BCUT2D eigenvalue weighted by Gasteiger charge is 2.30. The molecular weight excluding hydrogens is 300 g/mol. The second kappa shape index (κ2) is 6.88. The lowest BCUT2D eigenvalue weighted by Crippen LogP contribution is -2.44. The number of hydrogen-bond acceptors (Lipinski definition) is 3. The van der Waals surface area contributed by atoms with Crippen molar-refractivity contribution in [1.29, 1.82) is 0 Å². The first kappa shape index (κ1) is 17.7. The first-order valence-corrected chi connectivity index (χ1v) is 8.81. The molecule has 2 aromatic rings. The summed E-state index contributed by atoms with van der Waals surface area (Å²) in [6.45, 7) is 13.5. The summed E-state index contributed by atoms with van der Waals surface area (Å²) in [5, 5.41) is 0. The third kappa shape index (κ3) is 4.68. The van der Waals surface area contributed by atoms with Crippen molar-refractivity contribution in [2.24, 2.45) is 0 Å². The Morgan fingerprint density at radius 3 is 1.13 bits per heavy atom. The van der Waals surface area contributed by atoms with Crippen molar-refractivity contribution in [2.75, 3.05) is 8.61 Å². The Bertz CT molecular complexity index is 542. The van der Waals surface area contributed by atoms with E-state index < -0.39 is 0 Å². The lowest BCUT2D eigenvalue weighted by atomic mass is 10.1. The highest BCUT2D eigenvalue weighted by atomic mass is 32.2. The van der Waals surface area contributed by atoms with E-state index in [1.165, 1.54) is 11.4 Å². The van der Waals surface area contributed by atoms with E-state index in [9.17, 15) is 0 Å². The van der Waals surface area contributed by atoms with Crippen molar-refractivity contribution in [3.63, 3.8) is 0 Å². The quantitative estimate of drug-likeness (QED) is 0.621. The molecule has 124 valence electrons. The minimum Gasteiger partial charge on any atom is -0.293 e. The molecule has 2 aromatic carbocycles. The third-order valence-corrected chi connectivity index (χ3v) is 5.21. The predicted octanol–water partition coefficient (Wildman–Crippen LogP) is 6.16. The van der Waals surface area contributed by atoms with Gasteiger partial charge in [-0.3, -0.25) is 8.61 Å². The van der Waals surface area contributed by atoms with E-state index in [2.05, 4.69) is 111 Å². The minimum absolute atomic E-state index is 0.00427. The van der Waals surface area contributed by atoms with Crippen LogP contribution in [0.15, 0.2) is 60.7 Å². The fourth-order valence-corrected chi connectivity index (χ4v) is 3.41. The SMILES string of the molecule is CC(C)(C)N(SN(c1ccccc1)C(C)(C)C)c1ccccc1. The van der Waals surface area contributed by atoms with Crippen molar-refractivity contribution >= 4 is 23.5 Å². The van der Waals surface area contributed by atoms with Gasteiger partial charge in [0.25, 0.3) is 0 Å². The molecule has 0 spiro atoms. The summed E-state index contributed by atoms with van der Waals surface area (Å²) in [7, 11) is 0. The van der Waals surface area contributed by atoms with Crippen molar-refractivity contribution in [1.82, 2.24) is 0 Å². The normalized spacial score (nSPS) is 12.1. The maximum atomic E-state index is 2.38. The highest BCUT2D eigenvalue weighted by Crippen LogP contribution is 2.39. The Morgan fingerprint density at radius 1 is 0.565 bits per heavy atom. The molecule has 0 aliphatic rings. The smallest absolute Gasteiger partial charge is 0.0724 e. The molecule has 0 aliphatic carbocycles. The first-order chi connectivity index (χ1) is 10.7. The highest BCUT2D eigenvalue weighted by molar-refractivity contribution is 8.02. The lowest BCUT2D eigenvalue weighted by molar-refractivity contribution is 0.569. The molecule has 2 nitrogen and oxygen atoms in total. The standard InChI is InChI=1S/C20H28N2S/c1-19(2,3)21(17-13-9-7-10-14-17)23-22(20(4,5)6)18-15-11-8-12-16-18/h7-16H,1-6H3. The molecule has 0 fully saturated rings. The first-order valence-electron chi connectivity index (χ1n) is 8.08. The van der Waals surface area contributed by atoms with Crippen LogP contribution in [0.1, 0.15) is 41.5 Å². The number of nitrogens with zero attached hydrogens (tertiary/aromatic N) is 2. The topological polar surface area (TPSA) is 6.48 Å². The van der Waals surface area contributed by atoms with Crippen molar-refractivity contribution in [3.8, 4) is 0 Å². The van der Waals surface area contributed by atoms with Gasteiger partial charge in [-0.05, 0) is 65.8 Å². The number of para-hydroxylation sites is 2. The summed E-state index contributed by atoms with van der Waals surface area (Å²) >= 11 is 1.78. The molecule has 3 heteroatoms. The van der Waals surface area contributed by atoms with E-state index in [-0.39, 0.29) is 11.1 Å². The van der Waals surface area contributed by atoms with E-state index in [1.807, 2.05) is 0 Å². The zero-order valence-corrected chi connectivity index (χ0v) is 15.9. The van der Waals surface area contributed by atoms with E-state index in [1.54, 1.807) is 12.1 Å². The van der Waals surface area contributed by atoms with Gasteiger partial charge in [-0.25, -0.2) is 0 Å². The van der Waals surface area contributed by atoms with Crippen LogP contribution in [0.5, 0.6) is 0 Å². The fourth-order valence-electron chi connectivity index (χ4n) is 2.32. The van der Waals surface area contributed by atoms with Crippen LogP contribution in [0, 0.1) is 0 Å². The summed E-state index contributed by atoms with van der Waals surface area (Å²) in [4.78, 5) is 0. The van der Waals surface area contributed by atoms with Gasteiger partial charge in [0.05, 0.1) is 12.1 Å². The lowest BCUT2D eigenvalue weighted by Gasteiger charge is -2.44. The van der Waals surface area contributed by atoms with Gasteiger partial charge in [-0.2, -0.15) is 0 Å². The van der Waals surface area contributed by atoms with Gasteiger partial charge in [0.1, 0.15) is 0 Å². The predicted molar refractivity (Wildman–Crippen MR) is 105 cm³/mol. The van der Waals surface area contributed by atoms with E-state index >= 15 is 0 Å². The second-order valence-corrected chi connectivity index (χ2v) is 8.58. The molecule has 0 aromatic heterocycles. The van der Waals surface area contributed by atoms with Crippen molar-refractivity contribution < 1.29 is 0 Å². The van der Waals surface area contributed by atoms with Gasteiger partial charge in [-0.1, -0.05) is 36.4 Å². The molecule has 0 bridgehead atoms. The Labute approximate surface area is 145 Å². The number of anilines is 2. The van der Waals surface area contributed by atoms with Crippen LogP contribution in [0.2, 0.25) is 0 Å². The van der Waals surface area contributed by atoms with Gasteiger partial charge in [0.2, 0.25) is 0 Å². The Balaban J connectivity index is 2.39. The molecule has 0 saturated carbocycles.